The zero-order valence-corrected chi connectivity index (χ0v) is 10.5. The minimum atomic E-state index is -0.830. The van der Waals surface area contributed by atoms with E-state index >= 15 is 0 Å². The molecule has 0 aliphatic carbocycles. The molecule has 1 rings (SSSR count). The second-order valence-corrected chi connectivity index (χ2v) is 4.56. The van der Waals surface area contributed by atoms with E-state index < -0.39 is 5.97 Å². The third-order valence-corrected chi connectivity index (χ3v) is 2.50. The van der Waals surface area contributed by atoms with Crippen LogP contribution in [0.15, 0.2) is 24.3 Å². The van der Waals surface area contributed by atoms with Crippen LogP contribution in [0.4, 0.5) is 0 Å². The molecule has 0 bridgehead atoms. The fraction of sp³-hybridized carbons (Fsp3) is 0.500. The van der Waals surface area contributed by atoms with Crippen LogP contribution in [0.5, 0.6) is 5.75 Å². The van der Waals surface area contributed by atoms with Gasteiger partial charge in [0, 0.05) is 5.56 Å². The molecule has 0 heterocycles. The maximum atomic E-state index is 10.7. The highest BCUT2D eigenvalue weighted by molar-refractivity contribution is 5.71. The Morgan fingerprint density at radius 3 is 2.71 bits per heavy atom. The molecule has 0 saturated carbocycles. The Hall–Kier alpha value is -1.51. The summed E-state index contributed by atoms with van der Waals surface area (Å²) < 4.78 is 5.63. The molecule has 1 N–H and O–H groups in total. The van der Waals surface area contributed by atoms with Gasteiger partial charge in [0.15, 0.2) is 0 Å². The Bertz CT molecular complexity index is 358. The molecular weight excluding hydrogens is 216 g/mol. The van der Waals surface area contributed by atoms with Crippen LogP contribution in [0.2, 0.25) is 0 Å². The minimum absolute atomic E-state index is 0.0142. The van der Waals surface area contributed by atoms with Crippen molar-refractivity contribution >= 4 is 5.97 Å². The normalized spacial score (nSPS) is 10.5. The van der Waals surface area contributed by atoms with Crippen molar-refractivity contribution in [2.75, 3.05) is 6.61 Å². The van der Waals surface area contributed by atoms with E-state index in [2.05, 4.69) is 13.8 Å². The summed E-state index contributed by atoms with van der Waals surface area (Å²) >= 11 is 0. The van der Waals surface area contributed by atoms with Crippen molar-refractivity contribution in [2.24, 2.45) is 5.92 Å². The Morgan fingerprint density at radius 2 is 2.06 bits per heavy atom. The average Bonchev–Trinajstić information content (AvgIpc) is 2.25. The van der Waals surface area contributed by atoms with Gasteiger partial charge in [-0.15, -0.1) is 0 Å². The number of aliphatic carboxylic acids is 1. The van der Waals surface area contributed by atoms with Gasteiger partial charge in [0.2, 0.25) is 0 Å². The Kier molecular flexibility index (Phi) is 5.53. The van der Waals surface area contributed by atoms with E-state index in [4.69, 9.17) is 9.84 Å². The second-order valence-electron chi connectivity index (χ2n) is 4.56. The standard InChI is InChI=1S/C14H20O3/c1-11(2)6-5-9-17-13-8-4-3-7-12(13)10-14(15)16/h3-4,7-8,11H,5-6,9-10H2,1-2H3,(H,15,16). The van der Waals surface area contributed by atoms with Crippen molar-refractivity contribution in [3.8, 4) is 5.75 Å². The first-order valence-corrected chi connectivity index (χ1v) is 6.02. The van der Waals surface area contributed by atoms with Gasteiger partial charge < -0.3 is 9.84 Å². The van der Waals surface area contributed by atoms with Crippen molar-refractivity contribution < 1.29 is 14.6 Å². The molecule has 0 aliphatic heterocycles. The number of rotatable bonds is 7. The highest BCUT2D eigenvalue weighted by Crippen LogP contribution is 2.19. The topological polar surface area (TPSA) is 46.5 Å². The highest BCUT2D eigenvalue weighted by Gasteiger charge is 2.07. The number of ether oxygens (including phenoxy) is 1. The molecule has 1 aromatic carbocycles. The molecule has 0 amide bonds. The number of carboxylic acid groups (broad SMARTS) is 1. The molecule has 0 aliphatic rings. The molecular formula is C14H20O3. The van der Waals surface area contributed by atoms with E-state index in [-0.39, 0.29) is 6.42 Å². The summed E-state index contributed by atoms with van der Waals surface area (Å²) in [4.78, 5) is 10.7. The average molecular weight is 236 g/mol. The lowest BCUT2D eigenvalue weighted by Gasteiger charge is -2.10. The van der Waals surface area contributed by atoms with Crippen molar-refractivity contribution in [2.45, 2.75) is 33.1 Å². The van der Waals surface area contributed by atoms with E-state index in [9.17, 15) is 4.79 Å². The molecule has 17 heavy (non-hydrogen) atoms. The zero-order chi connectivity index (χ0) is 12.7. The summed E-state index contributed by atoms with van der Waals surface area (Å²) in [5.74, 6) is 0.537. The molecule has 0 fully saturated rings. The van der Waals surface area contributed by atoms with E-state index in [0.29, 0.717) is 18.3 Å². The molecule has 1 aromatic rings. The molecule has 0 unspecified atom stereocenters. The first-order valence-electron chi connectivity index (χ1n) is 6.02. The third kappa shape index (κ3) is 5.38. The smallest absolute Gasteiger partial charge is 0.307 e. The highest BCUT2D eigenvalue weighted by atomic mass is 16.5. The number of carbonyl (C=O) groups is 1. The predicted octanol–water partition coefficient (Wildman–Crippen LogP) is 3.13. The van der Waals surface area contributed by atoms with Crippen LogP contribution in [-0.4, -0.2) is 17.7 Å². The summed E-state index contributed by atoms with van der Waals surface area (Å²) in [5.41, 5.74) is 0.740. The van der Waals surface area contributed by atoms with Gasteiger partial charge in [-0.3, -0.25) is 4.79 Å². The molecule has 0 radical (unpaired) electrons. The van der Waals surface area contributed by atoms with E-state index in [1.807, 2.05) is 18.2 Å². The largest absolute Gasteiger partial charge is 0.493 e. The lowest BCUT2D eigenvalue weighted by Crippen LogP contribution is -2.05. The van der Waals surface area contributed by atoms with Gasteiger partial charge in [-0.2, -0.15) is 0 Å². The molecule has 0 atom stereocenters. The van der Waals surface area contributed by atoms with Gasteiger partial charge in [-0.1, -0.05) is 32.0 Å². The summed E-state index contributed by atoms with van der Waals surface area (Å²) in [5, 5.41) is 8.78. The molecule has 3 nitrogen and oxygen atoms in total. The zero-order valence-electron chi connectivity index (χ0n) is 10.5. The van der Waals surface area contributed by atoms with Crippen LogP contribution >= 0.6 is 0 Å². The monoisotopic (exact) mass is 236 g/mol. The Labute approximate surface area is 102 Å². The van der Waals surface area contributed by atoms with Gasteiger partial charge in [-0.05, 0) is 24.8 Å². The molecule has 94 valence electrons. The van der Waals surface area contributed by atoms with Crippen LogP contribution in [-0.2, 0) is 11.2 Å². The number of para-hydroxylation sites is 1. The van der Waals surface area contributed by atoms with E-state index in [1.165, 1.54) is 0 Å². The quantitative estimate of drug-likeness (QED) is 0.740. The van der Waals surface area contributed by atoms with Crippen LogP contribution in [0, 0.1) is 5.92 Å². The van der Waals surface area contributed by atoms with Gasteiger partial charge in [0.25, 0.3) is 0 Å². The third-order valence-electron chi connectivity index (χ3n) is 2.50. The van der Waals surface area contributed by atoms with Gasteiger partial charge in [0.05, 0.1) is 13.0 Å². The van der Waals surface area contributed by atoms with Crippen molar-refractivity contribution in [3.63, 3.8) is 0 Å². The predicted molar refractivity (Wildman–Crippen MR) is 67.3 cm³/mol. The number of benzene rings is 1. The minimum Gasteiger partial charge on any atom is -0.493 e. The van der Waals surface area contributed by atoms with E-state index in [1.54, 1.807) is 6.07 Å². The first-order chi connectivity index (χ1) is 8.09. The fourth-order valence-corrected chi connectivity index (χ4v) is 1.63. The summed E-state index contributed by atoms with van der Waals surface area (Å²) in [7, 11) is 0. The summed E-state index contributed by atoms with van der Waals surface area (Å²) in [6, 6.07) is 7.32. The van der Waals surface area contributed by atoms with Crippen LogP contribution in [0.1, 0.15) is 32.3 Å². The lowest BCUT2D eigenvalue weighted by atomic mass is 10.1. The number of hydrogen-bond donors (Lipinski definition) is 1. The summed E-state index contributed by atoms with van der Waals surface area (Å²) in [6.45, 7) is 5.01. The SMILES string of the molecule is CC(C)CCCOc1ccccc1CC(=O)O. The molecule has 0 saturated heterocycles. The molecule has 0 spiro atoms. The van der Waals surface area contributed by atoms with Gasteiger partial charge >= 0.3 is 5.97 Å². The fourth-order valence-electron chi connectivity index (χ4n) is 1.63. The second kappa shape index (κ2) is 6.94. The Balaban J connectivity index is 2.49. The van der Waals surface area contributed by atoms with Crippen LogP contribution in [0.25, 0.3) is 0 Å². The van der Waals surface area contributed by atoms with E-state index in [0.717, 1.165) is 18.4 Å². The lowest BCUT2D eigenvalue weighted by molar-refractivity contribution is -0.136. The molecule has 3 heteroatoms. The van der Waals surface area contributed by atoms with Crippen LogP contribution < -0.4 is 4.74 Å². The number of carboxylic acids is 1. The van der Waals surface area contributed by atoms with Crippen molar-refractivity contribution in [3.05, 3.63) is 29.8 Å². The summed E-state index contributed by atoms with van der Waals surface area (Å²) in [6.07, 6.45) is 2.14. The number of hydrogen-bond acceptors (Lipinski definition) is 2. The van der Waals surface area contributed by atoms with Gasteiger partial charge in [-0.25, -0.2) is 0 Å². The first kappa shape index (κ1) is 13.6. The Morgan fingerprint density at radius 1 is 1.35 bits per heavy atom. The van der Waals surface area contributed by atoms with Crippen molar-refractivity contribution in [1.82, 2.24) is 0 Å². The van der Waals surface area contributed by atoms with Gasteiger partial charge in [0.1, 0.15) is 5.75 Å². The van der Waals surface area contributed by atoms with Crippen LogP contribution in [0.3, 0.4) is 0 Å². The molecule has 0 aromatic heterocycles. The maximum absolute atomic E-state index is 10.7. The maximum Gasteiger partial charge on any atom is 0.307 e. The van der Waals surface area contributed by atoms with Crippen molar-refractivity contribution in [1.29, 1.82) is 0 Å².